The van der Waals surface area contributed by atoms with Crippen LogP contribution >= 0.6 is 0 Å². The molecule has 2 aromatic rings. The third-order valence-electron chi connectivity index (χ3n) is 4.81. The number of nitrogens with zero attached hydrogens (tertiary/aromatic N) is 2. The normalized spacial score (nSPS) is 16.7. The Bertz CT molecular complexity index is 845. The van der Waals surface area contributed by atoms with Crippen molar-refractivity contribution >= 4 is 15.7 Å². The van der Waals surface area contributed by atoms with Gasteiger partial charge in [-0.25, -0.2) is 8.42 Å². The maximum absolute atomic E-state index is 12.9. The number of hydrogen-bond donors (Lipinski definition) is 1. The number of phenolic OH excluding ortho intramolecular Hbond substituents is 1. The number of aromatic hydroxyl groups is 1. The van der Waals surface area contributed by atoms with Crippen LogP contribution in [0.4, 0.5) is 5.69 Å². The van der Waals surface area contributed by atoms with Crippen LogP contribution in [0.1, 0.15) is 26.3 Å². The van der Waals surface area contributed by atoms with Crippen LogP contribution in [0.25, 0.3) is 0 Å². The first-order chi connectivity index (χ1) is 12.2. The minimum absolute atomic E-state index is 0.00195. The second-order valence-corrected chi connectivity index (χ2v) is 9.62. The molecule has 0 aromatic heterocycles. The lowest BCUT2D eigenvalue weighted by molar-refractivity contribution is 0.385. The molecule has 5 nitrogen and oxygen atoms in total. The lowest BCUT2D eigenvalue weighted by Crippen LogP contribution is -2.48. The first-order valence-electron chi connectivity index (χ1n) is 8.82. The molecule has 3 rings (SSSR count). The summed E-state index contributed by atoms with van der Waals surface area (Å²) in [6.07, 6.45) is 0. The third kappa shape index (κ3) is 3.86. The van der Waals surface area contributed by atoms with Gasteiger partial charge in [0, 0.05) is 31.9 Å². The van der Waals surface area contributed by atoms with E-state index < -0.39 is 10.0 Å². The van der Waals surface area contributed by atoms with E-state index in [4.69, 9.17) is 0 Å². The van der Waals surface area contributed by atoms with Crippen LogP contribution in [0.15, 0.2) is 53.4 Å². The van der Waals surface area contributed by atoms with E-state index in [9.17, 15) is 13.5 Å². The summed E-state index contributed by atoms with van der Waals surface area (Å²) in [4.78, 5) is 2.48. The highest BCUT2D eigenvalue weighted by molar-refractivity contribution is 7.89. The van der Waals surface area contributed by atoms with Gasteiger partial charge in [0.1, 0.15) is 5.75 Å². The molecule has 1 saturated heterocycles. The smallest absolute Gasteiger partial charge is 0.243 e. The highest BCUT2D eigenvalue weighted by atomic mass is 32.2. The van der Waals surface area contributed by atoms with Crippen LogP contribution in [-0.2, 0) is 15.4 Å². The molecule has 0 unspecified atom stereocenters. The molecule has 2 aromatic carbocycles. The summed E-state index contributed by atoms with van der Waals surface area (Å²) in [6, 6.07) is 14.2. The molecule has 1 N–H and O–H groups in total. The predicted octanol–water partition coefficient (Wildman–Crippen LogP) is 3.20. The Morgan fingerprint density at radius 1 is 0.846 bits per heavy atom. The lowest BCUT2D eigenvalue weighted by Gasteiger charge is -2.35. The Labute approximate surface area is 155 Å². The molecule has 1 aliphatic heterocycles. The van der Waals surface area contributed by atoms with Crippen LogP contribution in [0.3, 0.4) is 0 Å². The van der Waals surface area contributed by atoms with E-state index in [-0.39, 0.29) is 11.2 Å². The van der Waals surface area contributed by atoms with E-state index in [1.165, 1.54) is 0 Å². The molecule has 0 aliphatic carbocycles. The van der Waals surface area contributed by atoms with Crippen molar-refractivity contribution < 1.29 is 13.5 Å². The average molecular weight is 375 g/mol. The molecule has 0 saturated carbocycles. The van der Waals surface area contributed by atoms with Gasteiger partial charge in [-0.05, 0) is 47.4 Å². The van der Waals surface area contributed by atoms with Gasteiger partial charge >= 0.3 is 0 Å². The lowest BCUT2D eigenvalue weighted by atomic mass is 9.87. The number of hydrogen-bond acceptors (Lipinski definition) is 4. The van der Waals surface area contributed by atoms with Crippen molar-refractivity contribution in [3.8, 4) is 5.75 Å². The summed E-state index contributed by atoms with van der Waals surface area (Å²) >= 11 is 0. The van der Waals surface area contributed by atoms with Gasteiger partial charge in [-0.2, -0.15) is 4.31 Å². The molecule has 1 heterocycles. The SMILES string of the molecule is CC(C)(C)c1ccc(S(=O)(=O)N2CCN(c3ccc(O)cc3)CC2)cc1. The highest BCUT2D eigenvalue weighted by Crippen LogP contribution is 2.26. The van der Waals surface area contributed by atoms with Crippen molar-refractivity contribution in [1.29, 1.82) is 0 Å². The topological polar surface area (TPSA) is 60.9 Å². The Morgan fingerprint density at radius 3 is 1.88 bits per heavy atom. The summed E-state index contributed by atoms with van der Waals surface area (Å²) < 4.78 is 27.4. The minimum Gasteiger partial charge on any atom is -0.508 e. The third-order valence-corrected chi connectivity index (χ3v) is 6.72. The molecule has 0 bridgehead atoms. The minimum atomic E-state index is -3.47. The molecule has 140 valence electrons. The van der Waals surface area contributed by atoms with Gasteiger partial charge in [-0.15, -0.1) is 0 Å². The zero-order valence-corrected chi connectivity index (χ0v) is 16.3. The highest BCUT2D eigenvalue weighted by Gasteiger charge is 2.29. The van der Waals surface area contributed by atoms with Gasteiger partial charge in [-0.1, -0.05) is 32.9 Å². The molecule has 6 heteroatoms. The fourth-order valence-electron chi connectivity index (χ4n) is 3.13. The molecular formula is C20H26N2O3S. The van der Waals surface area contributed by atoms with Crippen LogP contribution in [-0.4, -0.2) is 44.0 Å². The van der Waals surface area contributed by atoms with Gasteiger partial charge in [0.15, 0.2) is 0 Å². The molecule has 1 fully saturated rings. The Hall–Kier alpha value is -2.05. The van der Waals surface area contributed by atoms with Crippen LogP contribution < -0.4 is 4.90 Å². The van der Waals surface area contributed by atoms with Crippen molar-refractivity contribution in [3.63, 3.8) is 0 Å². The fraction of sp³-hybridized carbons (Fsp3) is 0.400. The van der Waals surface area contributed by atoms with E-state index in [0.717, 1.165) is 11.3 Å². The number of piperazine rings is 1. The first-order valence-corrected chi connectivity index (χ1v) is 10.3. The molecule has 0 amide bonds. The molecular weight excluding hydrogens is 348 g/mol. The Kier molecular flexibility index (Phi) is 4.99. The molecule has 0 atom stereocenters. The average Bonchev–Trinajstić information content (AvgIpc) is 2.62. The van der Waals surface area contributed by atoms with Crippen molar-refractivity contribution in [3.05, 3.63) is 54.1 Å². The van der Waals surface area contributed by atoms with E-state index in [1.54, 1.807) is 28.6 Å². The van der Waals surface area contributed by atoms with Crippen molar-refractivity contribution in [2.75, 3.05) is 31.1 Å². The Balaban J connectivity index is 1.70. The predicted molar refractivity (Wildman–Crippen MR) is 104 cm³/mol. The number of rotatable bonds is 3. The number of anilines is 1. The van der Waals surface area contributed by atoms with Crippen LogP contribution in [0.2, 0.25) is 0 Å². The maximum Gasteiger partial charge on any atom is 0.243 e. The number of phenols is 1. The first kappa shape index (κ1) is 18.7. The zero-order valence-electron chi connectivity index (χ0n) is 15.5. The van der Waals surface area contributed by atoms with Crippen LogP contribution in [0.5, 0.6) is 5.75 Å². The second-order valence-electron chi connectivity index (χ2n) is 7.68. The summed E-state index contributed by atoms with van der Waals surface area (Å²) in [6.45, 7) is 8.49. The quantitative estimate of drug-likeness (QED) is 0.896. The number of benzene rings is 2. The summed E-state index contributed by atoms with van der Waals surface area (Å²) in [7, 11) is -3.47. The van der Waals surface area contributed by atoms with E-state index >= 15 is 0 Å². The molecule has 26 heavy (non-hydrogen) atoms. The van der Waals surface area contributed by atoms with Gasteiger partial charge in [0.2, 0.25) is 10.0 Å². The van der Waals surface area contributed by atoms with Crippen molar-refractivity contribution in [2.45, 2.75) is 31.1 Å². The van der Waals surface area contributed by atoms with Gasteiger partial charge in [-0.3, -0.25) is 0 Å². The molecule has 0 radical (unpaired) electrons. The summed E-state index contributed by atoms with van der Waals surface area (Å²) in [5, 5.41) is 9.39. The second kappa shape index (κ2) is 6.93. The van der Waals surface area contributed by atoms with E-state index in [0.29, 0.717) is 31.1 Å². The summed E-state index contributed by atoms with van der Waals surface area (Å²) in [5.41, 5.74) is 2.11. The monoisotopic (exact) mass is 374 g/mol. The van der Waals surface area contributed by atoms with Gasteiger partial charge in [0.25, 0.3) is 0 Å². The van der Waals surface area contributed by atoms with Crippen LogP contribution in [0, 0.1) is 0 Å². The van der Waals surface area contributed by atoms with Crippen molar-refractivity contribution in [1.82, 2.24) is 4.31 Å². The number of sulfonamides is 1. The fourth-order valence-corrected chi connectivity index (χ4v) is 4.55. The standard InChI is InChI=1S/C20H26N2O3S/c1-20(2,3)16-4-10-19(11-5-16)26(24,25)22-14-12-21(13-15-22)17-6-8-18(23)9-7-17/h4-11,23H,12-15H2,1-3H3. The Morgan fingerprint density at radius 2 is 1.38 bits per heavy atom. The molecule has 0 spiro atoms. The van der Waals surface area contributed by atoms with Crippen molar-refractivity contribution in [2.24, 2.45) is 0 Å². The van der Waals surface area contributed by atoms with Gasteiger partial charge in [0.05, 0.1) is 4.90 Å². The maximum atomic E-state index is 12.9. The van der Waals surface area contributed by atoms with E-state index in [1.807, 2.05) is 24.3 Å². The van der Waals surface area contributed by atoms with Gasteiger partial charge < -0.3 is 10.0 Å². The zero-order chi connectivity index (χ0) is 18.9. The van der Waals surface area contributed by atoms with E-state index in [2.05, 4.69) is 25.7 Å². The largest absolute Gasteiger partial charge is 0.508 e. The molecule has 1 aliphatic rings. The summed E-state index contributed by atoms with van der Waals surface area (Å²) in [5.74, 6) is 0.230.